The largest absolute Gasteiger partial charge is 0.219 e. The van der Waals surface area contributed by atoms with E-state index in [1.165, 1.54) is 0 Å². The third-order valence-electron chi connectivity index (χ3n) is 2.38. The van der Waals surface area contributed by atoms with Gasteiger partial charge in [0.15, 0.2) is 0 Å². The molecule has 17 heavy (non-hydrogen) atoms. The quantitative estimate of drug-likeness (QED) is 0.783. The highest BCUT2D eigenvalue weighted by atomic mass is 32.2. The van der Waals surface area contributed by atoms with Gasteiger partial charge in [-0.25, -0.2) is 8.42 Å². The van der Waals surface area contributed by atoms with E-state index in [4.69, 9.17) is 0 Å². The summed E-state index contributed by atoms with van der Waals surface area (Å²) in [6, 6.07) is 13.5. The van der Waals surface area contributed by atoms with Crippen LogP contribution in [0.2, 0.25) is 0 Å². The lowest BCUT2D eigenvalue weighted by molar-refractivity contribution is 0.596. The zero-order valence-electron chi connectivity index (χ0n) is 9.00. The second-order valence-electron chi connectivity index (χ2n) is 3.64. The van der Waals surface area contributed by atoms with Crippen LogP contribution in [0.15, 0.2) is 58.3 Å². The lowest BCUT2D eigenvalue weighted by atomic mass is 10.4. The molecular weight excluding hydrogens is 270 g/mol. The molecule has 2 aromatic carbocycles. The number of rotatable bonds is 2. The van der Waals surface area contributed by atoms with Crippen molar-refractivity contribution in [3.8, 4) is 0 Å². The van der Waals surface area contributed by atoms with E-state index in [0.717, 1.165) is 10.6 Å². The summed E-state index contributed by atoms with van der Waals surface area (Å²) in [6.45, 7) is 0. The molecule has 2 rings (SSSR count). The number of hydrogen-bond acceptors (Lipinski definition) is 2. The summed E-state index contributed by atoms with van der Waals surface area (Å²) in [5.41, 5.74) is 0. The molecule has 2 aromatic rings. The van der Waals surface area contributed by atoms with Crippen LogP contribution in [0.3, 0.4) is 0 Å². The molecular formula is C12H12O2P2S. The number of hydrogen-bond donors (Lipinski definition) is 0. The fraction of sp³-hybridized carbons (Fsp3) is 0. The van der Waals surface area contributed by atoms with Gasteiger partial charge in [0.25, 0.3) is 0 Å². The van der Waals surface area contributed by atoms with Crippen LogP contribution < -0.4 is 10.6 Å². The maximum absolute atomic E-state index is 12.2. The van der Waals surface area contributed by atoms with Crippen molar-refractivity contribution < 1.29 is 8.42 Å². The van der Waals surface area contributed by atoms with E-state index >= 15 is 0 Å². The zero-order valence-corrected chi connectivity index (χ0v) is 12.1. The Balaban J connectivity index is 2.50. The maximum atomic E-state index is 12.2. The molecule has 0 aliphatic rings. The molecule has 0 saturated carbocycles. The Labute approximate surface area is 106 Å². The molecule has 0 bridgehead atoms. The van der Waals surface area contributed by atoms with Gasteiger partial charge in [0.2, 0.25) is 9.84 Å². The minimum absolute atomic E-state index is 0.320. The van der Waals surface area contributed by atoms with Gasteiger partial charge in [0.1, 0.15) is 0 Å². The summed E-state index contributed by atoms with van der Waals surface area (Å²) >= 11 is 0. The van der Waals surface area contributed by atoms with Crippen molar-refractivity contribution in [2.24, 2.45) is 0 Å². The van der Waals surface area contributed by atoms with Crippen molar-refractivity contribution in [3.05, 3.63) is 48.5 Å². The van der Waals surface area contributed by atoms with E-state index in [2.05, 4.69) is 18.5 Å². The number of sulfone groups is 1. The van der Waals surface area contributed by atoms with Crippen LogP contribution in [0, 0.1) is 0 Å². The van der Waals surface area contributed by atoms with Gasteiger partial charge in [-0.1, -0.05) is 24.3 Å². The lowest BCUT2D eigenvalue weighted by Gasteiger charge is -2.05. The summed E-state index contributed by atoms with van der Waals surface area (Å²) in [5.74, 6) is 0. The third kappa shape index (κ3) is 2.74. The molecule has 0 radical (unpaired) electrons. The molecule has 2 nitrogen and oxygen atoms in total. The Morgan fingerprint density at radius 2 is 0.941 bits per heavy atom. The molecule has 0 fully saturated rings. The Hall–Kier alpha value is -0.750. The van der Waals surface area contributed by atoms with Crippen molar-refractivity contribution in [3.63, 3.8) is 0 Å². The normalized spacial score (nSPS) is 11.4. The molecule has 0 aliphatic heterocycles. The Morgan fingerprint density at radius 3 is 1.24 bits per heavy atom. The second kappa shape index (κ2) is 4.86. The molecule has 0 aromatic heterocycles. The van der Waals surface area contributed by atoms with Gasteiger partial charge in [0, 0.05) is 0 Å². The van der Waals surface area contributed by atoms with E-state index < -0.39 is 9.84 Å². The van der Waals surface area contributed by atoms with Crippen LogP contribution in [0.4, 0.5) is 0 Å². The Kier molecular flexibility index (Phi) is 3.63. The van der Waals surface area contributed by atoms with E-state index in [1.807, 2.05) is 0 Å². The standard InChI is InChI=1S/C12H12O2P2S/c13-17(14,11-5-1-9(15)2-6-11)12-7-3-10(16)4-8-12/h1-8H,15-16H2. The molecule has 2 atom stereocenters. The van der Waals surface area contributed by atoms with Gasteiger partial charge >= 0.3 is 0 Å². The average molecular weight is 282 g/mol. The predicted molar refractivity (Wildman–Crippen MR) is 77.0 cm³/mol. The minimum atomic E-state index is -3.39. The fourth-order valence-corrected chi connectivity index (χ4v) is 3.08. The van der Waals surface area contributed by atoms with E-state index in [0.29, 0.717) is 9.79 Å². The average Bonchev–Trinajstić information content (AvgIpc) is 2.30. The van der Waals surface area contributed by atoms with Gasteiger partial charge in [-0.2, -0.15) is 0 Å². The van der Waals surface area contributed by atoms with Gasteiger partial charge in [-0.05, 0) is 34.9 Å². The van der Waals surface area contributed by atoms with E-state index in [1.54, 1.807) is 48.5 Å². The van der Waals surface area contributed by atoms with Crippen molar-refractivity contribution >= 4 is 38.9 Å². The van der Waals surface area contributed by atoms with E-state index in [9.17, 15) is 8.42 Å². The maximum Gasteiger partial charge on any atom is 0.206 e. The zero-order chi connectivity index (χ0) is 12.5. The lowest BCUT2D eigenvalue weighted by Crippen LogP contribution is -2.04. The van der Waals surface area contributed by atoms with Crippen molar-refractivity contribution in [1.29, 1.82) is 0 Å². The van der Waals surface area contributed by atoms with Crippen LogP contribution in [0.1, 0.15) is 0 Å². The molecule has 0 heterocycles. The first-order chi connectivity index (χ1) is 8.00. The van der Waals surface area contributed by atoms with Gasteiger partial charge in [-0.15, -0.1) is 18.5 Å². The van der Waals surface area contributed by atoms with Gasteiger partial charge < -0.3 is 0 Å². The van der Waals surface area contributed by atoms with Crippen LogP contribution in [-0.4, -0.2) is 8.42 Å². The highest BCUT2D eigenvalue weighted by molar-refractivity contribution is 7.91. The molecule has 88 valence electrons. The SMILES string of the molecule is O=S(=O)(c1ccc(P)cc1)c1ccc(P)cc1. The molecule has 0 N–H and O–H groups in total. The first-order valence-electron chi connectivity index (χ1n) is 4.96. The second-order valence-corrected chi connectivity index (χ2v) is 6.92. The fourth-order valence-electron chi connectivity index (χ4n) is 1.43. The van der Waals surface area contributed by atoms with Crippen LogP contribution in [-0.2, 0) is 9.84 Å². The molecule has 0 saturated heterocycles. The van der Waals surface area contributed by atoms with E-state index in [-0.39, 0.29) is 0 Å². The molecule has 2 unspecified atom stereocenters. The highest BCUT2D eigenvalue weighted by Gasteiger charge is 2.16. The molecule has 0 amide bonds. The predicted octanol–water partition coefficient (Wildman–Crippen LogP) is 1.52. The summed E-state index contributed by atoms with van der Waals surface area (Å²) in [6.07, 6.45) is 0. The highest BCUT2D eigenvalue weighted by Crippen LogP contribution is 2.19. The topological polar surface area (TPSA) is 34.1 Å². The molecule has 5 heteroatoms. The van der Waals surface area contributed by atoms with Crippen molar-refractivity contribution in [2.45, 2.75) is 9.79 Å². The van der Waals surface area contributed by atoms with Gasteiger partial charge in [0.05, 0.1) is 9.79 Å². The van der Waals surface area contributed by atoms with Crippen molar-refractivity contribution in [1.82, 2.24) is 0 Å². The van der Waals surface area contributed by atoms with Crippen LogP contribution in [0.25, 0.3) is 0 Å². The first kappa shape index (κ1) is 12.7. The molecule has 0 aliphatic carbocycles. The summed E-state index contributed by atoms with van der Waals surface area (Å²) in [5, 5.41) is 1.92. The summed E-state index contributed by atoms with van der Waals surface area (Å²) in [4.78, 5) is 0.639. The molecule has 0 spiro atoms. The smallest absolute Gasteiger partial charge is 0.206 e. The Bertz CT molecular complexity index is 565. The Morgan fingerprint density at radius 1 is 0.647 bits per heavy atom. The van der Waals surface area contributed by atoms with Gasteiger partial charge in [-0.3, -0.25) is 0 Å². The van der Waals surface area contributed by atoms with Crippen LogP contribution in [0.5, 0.6) is 0 Å². The summed E-state index contributed by atoms with van der Waals surface area (Å²) in [7, 11) is 1.67. The summed E-state index contributed by atoms with van der Waals surface area (Å²) < 4.78 is 24.5. The minimum Gasteiger partial charge on any atom is -0.219 e. The number of benzene rings is 2. The van der Waals surface area contributed by atoms with Crippen LogP contribution >= 0.6 is 18.5 Å². The first-order valence-corrected chi connectivity index (χ1v) is 7.60. The van der Waals surface area contributed by atoms with Crippen molar-refractivity contribution in [2.75, 3.05) is 0 Å². The monoisotopic (exact) mass is 282 g/mol. The third-order valence-corrected chi connectivity index (χ3v) is 4.94.